The molecule has 0 N–H and O–H groups in total. The van der Waals surface area contributed by atoms with Crippen LogP contribution in [-0.2, 0) is 0 Å². The van der Waals surface area contributed by atoms with Gasteiger partial charge in [-0.15, -0.1) is 0 Å². The van der Waals surface area contributed by atoms with Gasteiger partial charge in [-0.05, 0) is 49.1 Å². The van der Waals surface area contributed by atoms with Gasteiger partial charge in [-0.1, -0.05) is 48.0 Å². The van der Waals surface area contributed by atoms with Crippen molar-refractivity contribution >= 4 is 29.5 Å². The number of nitrogens with zero attached hydrogens (tertiary/aromatic N) is 1. The predicted octanol–water partition coefficient (Wildman–Crippen LogP) is 4.82. The molecular weight excluding hydrogens is 322 g/mol. The first-order chi connectivity index (χ1) is 11.7. The summed E-state index contributed by atoms with van der Waals surface area (Å²) in [6, 6.07) is 14.7. The lowest BCUT2D eigenvalue weighted by atomic mass is 10.1. The molecule has 0 fully saturated rings. The number of benzene rings is 2. The summed E-state index contributed by atoms with van der Waals surface area (Å²) in [5.41, 5.74) is 2.15. The third-order valence-electron chi connectivity index (χ3n) is 4.06. The Hall–Kier alpha value is -2.39. The van der Waals surface area contributed by atoms with E-state index in [-0.39, 0.29) is 11.8 Å². The van der Waals surface area contributed by atoms with E-state index in [2.05, 4.69) is 12.2 Å². The van der Waals surface area contributed by atoms with E-state index in [1.807, 2.05) is 24.3 Å². The standard InChI is InChI=1S/C20H18ClNO2/c21-16-12-10-15(11-13-16)7-3-1-2-6-14-22-19(23)17-8-4-5-9-18(17)20(22)24/h3-5,7-13H,1-2,6,14H2/b7-3+. The van der Waals surface area contributed by atoms with Gasteiger partial charge in [0.1, 0.15) is 0 Å². The van der Waals surface area contributed by atoms with E-state index >= 15 is 0 Å². The topological polar surface area (TPSA) is 37.4 Å². The van der Waals surface area contributed by atoms with Crippen LogP contribution in [0.25, 0.3) is 6.08 Å². The molecule has 3 nitrogen and oxygen atoms in total. The first-order valence-corrected chi connectivity index (χ1v) is 8.42. The summed E-state index contributed by atoms with van der Waals surface area (Å²) in [5.74, 6) is -0.348. The van der Waals surface area contributed by atoms with Gasteiger partial charge in [0.25, 0.3) is 11.8 Å². The van der Waals surface area contributed by atoms with Crippen LogP contribution >= 0.6 is 11.6 Å². The van der Waals surface area contributed by atoms with Gasteiger partial charge in [0.05, 0.1) is 11.1 Å². The molecule has 0 radical (unpaired) electrons. The summed E-state index contributed by atoms with van der Waals surface area (Å²) >= 11 is 5.85. The Morgan fingerprint density at radius 2 is 1.50 bits per heavy atom. The minimum atomic E-state index is -0.174. The molecule has 0 aromatic heterocycles. The Labute approximate surface area is 146 Å². The van der Waals surface area contributed by atoms with Crippen LogP contribution in [0.15, 0.2) is 54.6 Å². The van der Waals surface area contributed by atoms with Gasteiger partial charge in [-0.3, -0.25) is 14.5 Å². The number of unbranched alkanes of at least 4 members (excludes halogenated alkanes) is 2. The first kappa shape index (κ1) is 16.5. The number of hydrogen-bond donors (Lipinski definition) is 0. The lowest BCUT2D eigenvalue weighted by Gasteiger charge is -2.12. The summed E-state index contributed by atoms with van der Waals surface area (Å²) in [5, 5.41) is 0.730. The van der Waals surface area contributed by atoms with Gasteiger partial charge in [0, 0.05) is 11.6 Å². The molecule has 1 aliphatic rings. The van der Waals surface area contributed by atoms with E-state index in [0.717, 1.165) is 29.8 Å². The number of allylic oxidation sites excluding steroid dienone is 1. The predicted molar refractivity (Wildman–Crippen MR) is 96.1 cm³/mol. The molecule has 122 valence electrons. The van der Waals surface area contributed by atoms with Gasteiger partial charge >= 0.3 is 0 Å². The molecule has 2 amide bonds. The Bertz CT molecular complexity index is 745. The number of carbonyl (C=O) groups excluding carboxylic acids is 2. The molecule has 0 spiro atoms. The van der Waals surface area contributed by atoms with Crippen molar-refractivity contribution in [2.45, 2.75) is 19.3 Å². The fourth-order valence-electron chi connectivity index (χ4n) is 2.77. The van der Waals surface area contributed by atoms with Crippen molar-refractivity contribution in [2.75, 3.05) is 6.54 Å². The average molecular weight is 340 g/mol. The smallest absolute Gasteiger partial charge is 0.261 e. The van der Waals surface area contributed by atoms with Gasteiger partial charge in [-0.25, -0.2) is 0 Å². The minimum absolute atomic E-state index is 0.174. The van der Waals surface area contributed by atoms with Crippen LogP contribution in [0, 0.1) is 0 Å². The van der Waals surface area contributed by atoms with Crippen molar-refractivity contribution in [3.63, 3.8) is 0 Å². The highest BCUT2D eigenvalue weighted by Crippen LogP contribution is 2.22. The molecule has 2 aromatic carbocycles. The molecule has 2 aromatic rings. The monoisotopic (exact) mass is 339 g/mol. The normalized spacial score (nSPS) is 13.8. The first-order valence-electron chi connectivity index (χ1n) is 8.04. The largest absolute Gasteiger partial charge is 0.274 e. The third kappa shape index (κ3) is 3.57. The minimum Gasteiger partial charge on any atom is -0.274 e. The van der Waals surface area contributed by atoms with Gasteiger partial charge in [0.2, 0.25) is 0 Å². The number of halogens is 1. The molecule has 0 saturated carbocycles. The van der Waals surface area contributed by atoms with E-state index in [1.54, 1.807) is 24.3 Å². The average Bonchev–Trinajstić information content (AvgIpc) is 2.84. The summed E-state index contributed by atoms with van der Waals surface area (Å²) < 4.78 is 0. The van der Waals surface area contributed by atoms with Crippen molar-refractivity contribution < 1.29 is 9.59 Å². The van der Waals surface area contributed by atoms with Gasteiger partial charge in [0.15, 0.2) is 0 Å². The van der Waals surface area contributed by atoms with E-state index in [9.17, 15) is 9.59 Å². The molecule has 0 atom stereocenters. The lowest BCUT2D eigenvalue weighted by Crippen LogP contribution is -2.30. The lowest BCUT2D eigenvalue weighted by molar-refractivity contribution is 0.0652. The van der Waals surface area contributed by atoms with Crippen LogP contribution in [0.2, 0.25) is 5.02 Å². The van der Waals surface area contributed by atoms with Crippen molar-refractivity contribution in [3.8, 4) is 0 Å². The number of imide groups is 1. The quantitative estimate of drug-likeness (QED) is 0.559. The second-order valence-electron chi connectivity index (χ2n) is 5.76. The fourth-order valence-corrected chi connectivity index (χ4v) is 2.89. The maximum Gasteiger partial charge on any atom is 0.261 e. The van der Waals surface area contributed by atoms with Crippen LogP contribution in [0.5, 0.6) is 0 Å². The highest BCUT2D eigenvalue weighted by atomic mass is 35.5. The van der Waals surface area contributed by atoms with Crippen LogP contribution in [0.3, 0.4) is 0 Å². The summed E-state index contributed by atoms with van der Waals surface area (Å²) in [4.78, 5) is 25.8. The number of hydrogen-bond acceptors (Lipinski definition) is 2. The molecule has 1 heterocycles. The third-order valence-corrected chi connectivity index (χ3v) is 4.31. The van der Waals surface area contributed by atoms with Crippen LogP contribution in [0.1, 0.15) is 45.5 Å². The molecule has 0 aliphatic carbocycles. The van der Waals surface area contributed by atoms with Crippen LogP contribution in [0.4, 0.5) is 0 Å². The maximum absolute atomic E-state index is 12.2. The fraction of sp³-hybridized carbons (Fsp3) is 0.200. The highest BCUT2D eigenvalue weighted by Gasteiger charge is 2.34. The molecule has 0 unspecified atom stereocenters. The number of rotatable bonds is 6. The van der Waals surface area contributed by atoms with Crippen molar-refractivity contribution in [3.05, 3.63) is 76.3 Å². The summed E-state index contributed by atoms with van der Waals surface area (Å²) in [7, 11) is 0. The molecule has 3 rings (SSSR count). The van der Waals surface area contributed by atoms with Crippen molar-refractivity contribution in [1.29, 1.82) is 0 Å². The second kappa shape index (κ2) is 7.45. The van der Waals surface area contributed by atoms with Crippen LogP contribution in [-0.4, -0.2) is 23.3 Å². The molecule has 0 saturated heterocycles. The Kier molecular flexibility index (Phi) is 5.11. The molecule has 0 bridgehead atoms. The van der Waals surface area contributed by atoms with Gasteiger partial charge in [-0.2, -0.15) is 0 Å². The van der Waals surface area contributed by atoms with E-state index in [1.165, 1.54) is 4.90 Å². The number of carbonyl (C=O) groups is 2. The SMILES string of the molecule is O=C1c2ccccc2C(=O)N1CCCC/C=C/c1ccc(Cl)cc1. The highest BCUT2D eigenvalue weighted by molar-refractivity contribution is 6.30. The van der Waals surface area contributed by atoms with Gasteiger partial charge < -0.3 is 0 Å². The van der Waals surface area contributed by atoms with Crippen molar-refractivity contribution in [2.24, 2.45) is 0 Å². The number of fused-ring (bicyclic) bond motifs is 1. The van der Waals surface area contributed by atoms with E-state index in [4.69, 9.17) is 11.6 Å². The summed E-state index contributed by atoms with van der Waals surface area (Å²) in [6.07, 6.45) is 6.80. The number of amides is 2. The Balaban J connectivity index is 1.45. The molecule has 4 heteroatoms. The van der Waals surface area contributed by atoms with E-state index < -0.39 is 0 Å². The molecular formula is C20H18ClNO2. The summed E-state index contributed by atoms with van der Waals surface area (Å²) in [6.45, 7) is 0.473. The zero-order chi connectivity index (χ0) is 16.9. The Morgan fingerprint density at radius 3 is 2.12 bits per heavy atom. The molecule has 24 heavy (non-hydrogen) atoms. The molecule has 1 aliphatic heterocycles. The Morgan fingerprint density at radius 1 is 0.875 bits per heavy atom. The second-order valence-corrected chi connectivity index (χ2v) is 6.19. The van der Waals surface area contributed by atoms with Crippen molar-refractivity contribution in [1.82, 2.24) is 4.90 Å². The zero-order valence-corrected chi connectivity index (χ0v) is 14.0. The zero-order valence-electron chi connectivity index (χ0n) is 13.2. The van der Waals surface area contributed by atoms with Crippen LogP contribution < -0.4 is 0 Å². The maximum atomic E-state index is 12.2. The van der Waals surface area contributed by atoms with E-state index in [0.29, 0.717) is 17.7 Å².